The largest absolute Gasteiger partial charge is 0.378 e. The lowest BCUT2D eigenvalue weighted by Crippen LogP contribution is -2.29. The van der Waals surface area contributed by atoms with E-state index in [4.69, 9.17) is 11.6 Å². The third kappa shape index (κ3) is 4.37. The van der Waals surface area contributed by atoms with Gasteiger partial charge in [0.15, 0.2) is 5.17 Å². The zero-order valence-electron chi connectivity index (χ0n) is 15.8. The second-order valence-corrected chi connectivity index (χ2v) is 8.11. The first kappa shape index (κ1) is 19.5. The molecule has 1 amide bonds. The number of amides is 1. The van der Waals surface area contributed by atoms with Gasteiger partial charge in [0.2, 0.25) is 0 Å². The smallest absolute Gasteiger partial charge is 0.271 e. The van der Waals surface area contributed by atoms with E-state index < -0.39 is 0 Å². The van der Waals surface area contributed by atoms with E-state index in [0.29, 0.717) is 20.8 Å². The van der Waals surface area contributed by atoms with Crippen LogP contribution in [0.5, 0.6) is 0 Å². The van der Waals surface area contributed by atoms with E-state index in [-0.39, 0.29) is 11.9 Å². The van der Waals surface area contributed by atoms with E-state index in [1.54, 1.807) is 11.0 Å². The summed E-state index contributed by atoms with van der Waals surface area (Å²) in [5.74, 6) is -0.107. The van der Waals surface area contributed by atoms with Gasteiger partial charge in [-0.1, -0.05) is 35.9 Å². The van der Waals surface area contributed by atoms with E-state index in [9.17, 15) is 4.79 Å². The lowest BCUT2D eigenvalue weighted by atomic mass is 10.2. The van der Waals surface area contributed by atoms with Gasteiger partial charge < -0.3 is 4.90 Å². The monoisotopic (exact) mass is 399 g/mol. The van der Waals surface area contributed by atoms with E-state index in [1.165, 1.54) is 11.8 Å². The minimum atomic E-state index is -0.107. The van der Waals surface area contributed by atoms with Crippen LogP contribution in [0.4, 0.5) is 11.4 Å². The molecule has 1 aliphatic heterocycles. The Morgan fingerprint density at radius 1 is 1.11 bits per heavy atom. The summed E-state index contributed by atoms with van der Waals surface area (Å²) in [4.78, 5) is 22.0. The van der Waals surface area contributed by atoms with E-state index in [1.807, 2.05) is 81.4 Å². The van der Waals surface area contributed by atoms with Gasteiger partial charge in [-0.25, -0.2) is 0 Å². The van der Waals surface area contributed by atoms with Crippen LogP contribution in [-0.2, 0) is 4.79 Å². The van der Waals surface area contributed by atoms with Crippen LogP contribution in [0.3, 0.4) is 0 Å². The van der Waals surface area contributed by atoms with Crippen molar-refractivity contribution >= 4 is 51.9 Å². The van der Waals surface area contributed by atoms with Gasteiger partial charge in [-0.2, -0.15) is 0 Å². The maximum atomic E-state index is 13.1. The molecule has 0 bridgehead atoms. The first-order valence-corrected chi connectivity index (χ1v) is 9.90. The molecule has 140 valence electrons. The molecule has 27 heavy (non-hydrogen) atoms. The van der Waals surface area contributed by atoms with Crippen LogP contribution in [0.25, 0.3) is 6.08 Å². The van der Waals surface area contributed by atoms with Crippen LogP contribution in [0.1, 0.15) is 19.4 Å². The Labute approximate surface area is 169 Å². The number of halogens is 1. The zero-order chi connectivity index (χ0) is 19.6. The molecule has 1 aliphatic rings. The van der Waals surface area contributed by atoms with Crippen molar-refractivity contribution in [2.45, 2.75) is 19.9 Å². The normalized spacial score (nSPS) is 17.4. The fourth-order valence-electron chi connectivity index (χ4n) is 2.65. The van der Waals surface area contributed by atoms with Crippen molar-refractivity contribution in [3.8, 4) is 0 Å². The highest BCUT2D eigenvalue weighted by molar-refractivity contribution is 8.19. The number of carbonyl (C=O) groups is 1. The first-order chi connectivity index (χ1) is 12.9. The number of amidine groups is 1. The molecular formula is C21H22ClN3OS. The highest BCUT2D eigenvalue weighted by Gasteiger charge is 2.35. The fourth-order valence-corrected chi connectivity index (χ4v) is 3.97. The molecule has 2 aromatic rings. The quantitative estimate of drug-likeness (QED) is 0.655. The number of thioether (sulfide) groups is 1. The van der Waals surface area contributed by atoms with Gasteiger partial charge in [0, 0.05) is 25.8 Å². The number of rotatable bonds is 4. The third-order valence-electron chi connectivity index (χ3n) is 3.98. The predicted octanol–water partition coefficient (Wildman–Crippen LogP) is 5.29. The molecular weight excluding hydrogens is 378 g/mol. The summed E-state index contributed by atoms with van der Waals surface area (Å²) >= 11 is 7.73. The van der Waals surface area contributed by atoms with Crippen LogP contribution < -0.4 is 9.80 Å². The van der Waals surface area contributed by atoms with Crippen LogP contribution in [0, 0.1) is 0 Å². The molecule has 1 fully saturated rings. The number of carbonyl (C=O) groups excluding carboxylic acids is 1. The molecule has 6 heteroatoms. The fraction of sp³-hybridized carbons (Fsp3) is 0.238. The second kappa shape index (κ2) is 8.19. The number of anilines is 2. The molecule has 0 N–H and O–H groups in total. The highest BCUT2D eigenvalue weighted by atomic mass is 35.5. The molecule has 0 aromatic heterocycles. The standard InChI is InChI=1S/C21H22ClN3OS/c1-14(2)23-21-25(18-8-6-5-7-17(18)22)20(26)19(27-21)13-15-9-11-16(12-10-15)24(3)4/h5-14H,1-4H3/b19-13-,23-21-. The summed E-state index contributed by atoms with van der Waals surface area (Å²) in [6, 6.07) is 15.5. The van der Waals surface area contributed by atoms with Crippen molar-refractivity contribution in [3.63, 3.8) is 0 Å². The first-order valence-electron chi connectivity index (χ1n) is 8.70. The van der Waals surface area contributed by atoms with Crippen molar-refractivity contribution in [1.29, 1.82) is 0 Å². The minimum Gasteiger partial charge on any atom is -0.378 e. The van der Waals surface area contributed by atoms with Gasteiger partial charge in [-0.3, -0.25) is 14.7 Å². The van der Waals surface area contributed by atoms with Crippen LogP contribution in [-0.4, -0.2) is 31.2 Å². The topological polar surface area (TPSA) is 35.9 Å². The lowest BCUT2D eigenvalue weighted by Gasteiger charge is -2.17. The van der Waals surface area contributed by atoms with Crippen molar-refractivity contribution < 1.29 is 4.79 Å². The Morgan fingerprint density at radius 3 is 2.37 bits per heavy atom. The molecule has 0 radical (unpaired) electrons. The second-order valence-electron chi connectivity index (χ2n) is 6.69. The molecule has 0 aliphatic carbocycles. The maximum Gasteiger partial charge on any atom is 0.271 e. The minimum absolute atomic E-state index is 0.0732. The van der Waals surface area contributed by atoms with Gasteiger partial charge in [0.05, 0.1) is 15.6 Å². The van der Waals surface area contributed by atoms with Gasteiger partial charge in [0.1, 0.15) is 0 Å². The average molecular weight is 400 g/mol. The van der Waals surface area contributed by atoms with Gasteiger partial charge in [-0.05, 0) is 61.5 Å². The molecule has 2 aromatic carbocycles. The van der Waals surface area contributed by atoms with Crippen molar-refractivity contribution in [2.75, 3.05) is 23.9 Å². The summed E-state index contributed by atoms with van der Waals surface area (Å²) in [6.07, 6.45) is 1.90. The summed E-state index contributed by atoms with van der Waals surface area (Å²) in [5.41, 5.74) is 2.74. The Hall–Kier alpha value is -2.24. The van der Waals surface area contributed by atoms with E-state index in [0.717, 1.165) is 11.3 Å². The summed E-state index contributed by atoms with van der Waals surface area (Å²) in [5, 5.41) is 1.18. The van der Waals surface area contributed by atoms with Crippen molar-refractivity contribution in [3.05, 3.63) is 64.0 Å². The molecule has 0 saturated carbocycles. The number of hydrogen-bond acceptors (Lipinski definition) is 4. The molecule has 4 nitrogen and oxygen atoms in total. The lowest BCUT2D eigenvalue weighted by molar-refractivity contribution is -0.113. The number of hydrogen-bond donors (Lipinski definition) is 0. The average Bonchev–Trinajstić information content (AvgIpc) is 2.90. The SMILES string of the molecule is CC(C)/N=C1\S/C(=C\c2ccc(N(C)C)cc2)C(=O)N1c1ccccc1Cl. The summed E-state index contributed by atoms with van der Waals surface area (Å²) < 4.78 is 0. The third-order valence-corrected chi connectivity index (χ3v) is 5.28. The van der Waals surface area contributed by atoms with E-state index >= 15 is 0 Å². The van der Waals surface area contributed by atoms with Gasteiger partial charge in [-0.15, -0.1) is 0 Å². The molecule has 1 heterocycles. The zero-order valence-corrected chi connectivity index (χ0v) is 17.4. The molecule has 1 saturated heterocycles. The number of benzene rings is 2. The number of nitrogens with zero attached hydrogens (tertiary/aromatic N) is 3. The summed E-state index contributed by atoms with van der Waals surface area (Å²) in [7, 11) is 4.00. The van der Waals surface area contributed by atoms with Gasteiger partial charge >= 0.3 is 0 Å². The predicted molar refractivity (Wildman–Crippen MR) is 118 cm³/mol. The molecule has 0 unspecified atom stereocenters. The van der Waals surface area contributed by atoms with Crippen molar-refractivity contribution in [1.82, 2.24) is 0 Å². The van der Waals surface area contributed by atoms with Gasteiger partial charge in [0.25, 0.3) is 5.91 Å². The number of aliphatic imine (C=N–C) groups is 1. The Morgan fingerprint density at radius 2 is 1.78 bits per heavy atom. The number of para-hydroxylation sites is 1. The Kier molecular flexibility index (Phi) is 5.92. The molecule has 3 rings (SSSR count). The van der Waals surface area contributed by atoms with Crippen molar-refractivity contribution in [2.24, 2.45) is 4.99 Å². The van der Waals surface area contributed by atoms with Crippen LogP contribution >= 0.6 is 23.4 Å². The molecule has 0 atom stereocenters. The van der Waals surface area contributed by atoms with Crippen LogP contribution in [0.15, 0.2) is 58.4 Å². The summed E-state index contributed by atoms with van der Waals surface area (Å²) in [6.45, 7) is 3.98. The highest BCUT2D eigenvalue weighted by Crippen LogP contribution is 2.39. The Bertz CT molecular complexity index is 904. The Balaban J connectivity index is 1.99. The molecule has 0 spiro atoms. The van der Waals surface area contributed by atoms with E-state index in [2.05, 4.69) is 4.99 Å². The maximum absolute atomic E-state index is 13.1. The van der Waals surface area contributed by atoms with Crippen LogP contribution in [0.2, 0.25) is 5.02 Å².